The minimum Gasteiger partial charge on any atom is -0.507 e. The average Bonchev–Trinajstić information content (AvgIpc) is 3.67. The van der Waals surface area contributed by atoms with Gasteiger partial charge in [0.2, 0.25) is 18.3 Å². The Hall–Kier alpha value is -3.92. The van der Waals surface area contributed by atoms with Crippen molar-refractivity contribution in [1.29, 1.82) is 0 Å². The number of methoxy groups -OCH3 is 3. The number of ether oxygens (including phenoxy) is 5. The van der Waals surface area contributed by atoms with E-state index in [-0.39, 0.29) is 18.1 Å². The molecule has 0 aromatic heterocycles. The molecule has 0 saturated carbocycles. The lowest BCUT2D eigenvalue weighted by Crippen LogP contribution is -2.37. The first-order valence-electron chi connectivity index (χ1n) is 12.2. The highest BCUT2D eigenvalue weighted by Crippen LogP contribution is 2.53. The number of benzene rings is 2. The second-order valence-corrected chi connectivity index (χ2v) is 9.04. The van der Waals surface area contributed by atoms with Crippen LogP contribution in [0, 0.1) is 0 Å². The molecule has 10 nitrogen and oxygen atoms in total. The van der Waals surface area contributed by atoms with Crippen molar-refractivity contribution in [1.82, 2.24) is 9.80 Å². The second kappa shape index (κ2) is 10.2. The van der Waals surface area contributed by atoms with Crippen molar-refractivity contribution in [3.05, 3.63) is 47.0 Å². The lowest BCUT2D eigenvalue weighted by Gasteiger charge is -2.29. The number of amides is 1. The SMILES string of the molecule is COc1cccc(C(O)=C2C(=O)C(=O)N(CCN3CCCC3)C2c2cc3c(c(OC)c2OC)OCO3)c1. The van der Waals surface area contributed by atoms with E-state index >= 15 is 0 Å². The topological polar surface area (TPSA) is 107 Å². The Balaban J connectivity index is 1.68. The molecule has 1 amide bonds. The van der Waals surface area contributed by atoms with Gasteiger partial charge in [-0.2, -0.15) is 0 Å². The summed E-state index contributed by atoms with van der Waals surface area (Å²) in [5, 5.41) is 11.4. The lowest BCUT2D eigenvalue weighted by atomic mass is 9.93. The normalized spacial score (nSPS) is 20.5. The van der Waals surface area contributed by atoms with E-state index in [0.717, 1.165) is 25.9 Å². The Morgan fingerprint density at radius 2 is 1.76 bits per heavy atom. The van der Waals surface area contributed by atoms with E-state index in [0.29, 0.717) is 53.0 Å². The minimum absolute atomic E-state index is 0.00272. The van der Waals surface area contributed by atoms with Gasteiger partial charge < -0.3 is 38.6 Å². The molecule has 3 heterocycles. The third-order valence-electron chi connectivity index (χ3n) is 7.04. The minimum atomic E-state index is -0.938. The number of carbonyl (C=O) groups is 2. The van der Waals surface area contributed by atoms with Crippen molar-refractivity contribution in [2.75, 3.05) is 54.3 Å². The van der Waals surface area contributed by atoms with Crippen molar-refractivity contribution < 1.29 is 38.4 Å². The molecule has 0 bridgehead atoms. The van der Waals surface area contributed by atoms with Crippen LogP contribution in [0.5, 0.6) is 28.7 Å². The van der Waals surface area contributed by atoms with E-state index in [1.807, 2.05) is 0 Å². The number of aliphatic hydroxyl groups is 1. The molecule has 3 aliphatic rings. The number of nitrogens with zero attached hydrogens (tertiary/aromatic N) is 2. The third-order valence-corrected chi connectivity index (χ3v) is 7.04. The fourth-order valence-corrected chi connectivity index (χ4v) is 5.23. The molecule has 1 atom stereocenters. The Morgan fingerprint density at radius 3 is 2.46 bits per heavy atom. The Kier molecular flexibility index (Phi) is 6.84. The molecule has 5 rings (SSSR count). The van der Waals surface area contributed by atoms with Crippen molar-refractivity contribution in [3.63, 3.8) is 0 Å². The number of hydrogen-bond acceptors (Lipinski definition) is 9. The second-order valence-electron chi connectivity index (χ2n) is 9.04. The van der Waals surface area contributed by atoms with Crippen molar-refractivity contribution in [2.24, 2.45) is 0 Å². The van der Waals surface area contributed by atoms with Gasteiger partial charge in [-0.25, -0.2) is 0 Å². The first-order valence-corrected chi connectivity index (χ1v) is 12.2. The Bertz CT molecular complexity index is 1250. The molecule has 2 aromatic rings. The lowest BCUT2D eigenvalue weighted by molar-refractivity contribution is -0.140. The molecule has 2 aromatic carbocycles. The smallest absolute Gasteiger partial charge is 0.295 e. The highest BCUT2D eigenvalue weighted by Gasteiger charge is 2.48. The van der Waals surface area contributed by atoms with E-state index in [4.69, 9.17) is 23.7 Å². The van der Waals surface area contributed by atoms with E-state index in [1.165, 1.54) is 26.2 Å². The number of hydrogen-bond donors (Lipinski definition) is 1. The number of Topliss-reactive ketones (excluding diaryl/α,β-unsaturated/α-hetero) is 1. The van der Waals surface area contributed by atoms with Crippen LogP contribution in [0.25, 0.3) is 5.76 Å². The zero-order valence-corrected chi connectivity index (χ0v) is 21.1. The number of likely N-dealkylation sites (tertiary alicyclic amines) is 2. The number of rotatable bonds is 8. The molecule has 3 aliphatic heterocycles. The van der Waals surface area contributed by atoms with Crippen LogP contribution >= 0.6 is 0 Å². The van der Waals surface area contributed by atoms with Gasteiger partial charge in [0.25, 0.3) is 11.7 Å². The van der Waals surface area contributed by atoms with Gasteiger partial charge in [0.05, 0.1) is 32.9 Å². The quantitative estimate of drug-likeness (QED) is 0.326. The molecule has 1 unspecified atom stereocenters. The van der Waals surface area contributed by atoms with Gasteiger partial charge in [0.1, 0.15) is 11.5 Å². The van der Waals surface area contributed by atoms with E-state index in [1.54, 1.807) is 30.3 Å². The van der Waals surface area contributed by atoms with Gasteiger partial charge in [-0.3, -0.25) is 9.59 Å². The fraction of sp³-hybridized carbons (Fsp3) is 0.407. The van der Waals surface area contributed by atoms with Crippen molar-refractivity contribution in [3.8, 4) is 28.7 Å². The van der Waals surface area contributed by atoms with Gasteiger partial charge in [-0.05, 0) is 44.1 Å². The van der Waals surface area contributed by atoms with Crippen LogP contribution in [-0.4, -0.2) is 80.9 Å². The largest absolute Gasteiger partial charge is 0.507 e. The molecule has 0 spiro atoms. The standard InChI is InChI=1S/C27H30N2O8/c1-33-17-8-6-7-16(13-17)22(30)20-21(29(27(32)23(20)31)12-11-28-9-4-5-10-28)18-14-19-25(37-15-36-19)26(35-3)24(18)34-2/h6-8,13-14,21,30H,4-5,9-12,15H2,1-3H3. The van der Waals surface area contributed by atoms with E-state index < -0.39 is 17.7 Å². The van der Waals surface area contributed by atoms with Crippen molar-refractivity contribution >= 4 is 17.4 Å². The molecule has 0 aliphatic carbocycles. The predicted octanol–water partition coefficient (Wildman–Crippen LogP) is 2.96. The first kappa shape index (κ1) is 24.8. The maximum Gasteiger partial charge on any atom is 0.295 e. The summed E-state index contributed by atoms with van der Waals surface area (Å²) in [6.45, 7) is 2.78. The number of aliphatic hydroxyl groups excluding tert-OH is 1. The Labute approximate surface area is 214 Å². The van der Waals surface area contributed by atoms with Gasteiger partial charge in [0.15, 0.2) is 11.5 Å². The molecule has 37 heavy (non-hydrogen) atoms. The Morgan fingerprint density at radius 1 is 1.00 bits per heavy atom. The number of ketones is 1. The van der Waals surface area contributed by atoms with E-state index in [9.17, 15) is 14.7 Å². The average molecular weight is 511 g/mol. The molecule has 1 N–H and O–H groups in total. The maximum atomic E-state index is 13.5. The molecule has 2 fully saturated rings. The monoisotopic (exact) mass is 510 g/mol. The summed E-state index contributed by atoms with van der Waals surface area (Å²) in [4.78, 5) is 30.6. The van der Waals surface area contributed by atoms with Crippen LogP contribution in [0.2, 0.25) is 0 Å². The number of fused-ring (bicyclic) bond motifs is 1. The number of carbonyl (C=O) groups excluding carboxylic acids is 2. The van der Waals surface area contributed by atoms with Gasteiger partial charge in [-0.15, -0.1) is 0 Å². The summed E-state index contributed by atoms with van der Waals surface area (Å²) in [5.41, 5.74) is 0.765. The van der Waals surface area contributed by atoms with Crippen LogP contribution in [0.15, 0.2) is 35.9 Å². The zero-order valence-electron chi connectivity index (χ0n) is 21.1. The summed E-state index contributed by atoms with van der Waals surface area (Å²) in [5.74, 6) is 0.109. The first-order chi connectivity index (χ1) is 18.0. The maximum absolute atomic E-state index is 13.5. The summed E-state index contributed by atoms with van der Waals surface area (Å²) in [6.07, 6.45) is 2.20. The van der Waals surface area contributed by atoms with Crippen LogP contribution in [0.3, 0.4) is 0 Å². The highest BCUT2D eigenvalue weighted by atomic mass is 16.7. The van der Waals surface area contributed by atoms with Gasteiger partial charge >= 0.3 is 0 Å². The summed E-state index contributed by atoms with van der Waals surface area (Å²) < 4.78 is 27.8. The van der Waals surface area contributed by atoms with Crippen molar-refractivity contribution in [2.45, 2.75) is 18.9 Å². The zero-order chi connectivity index (χ0) is 26.1. The van der Waals surface area contributed by atoms with Crippen LogP contribution in [0.1, 0.15) is 30.0 Å². The summed E-state index contributed by atoms with van der Waals surface area (Å²) in [6, 6.07) is 7.45. The molecular weight excluding hydrogens is 480 g/mol. The summed E-state index contributed by atoms with van der Waals surface area (Å²) in [7, 11) is 4.46. The molecular formula is C27H30N2O8. The van der Waals surface area contributed by atoms with Crippen LogP contribution < -0.4 is 23.7 Å². The van der Waals surface area contributed by atoms with Gasteiger partial charge in [-0.1, -0.05) is 12.1 Å². The van der Waals surface area contributed by atoms with Crippen LogP contribution in [0.4, 0.5) is 0 Å². The third kappa shape index (κ3) is 4.31. The highest BCUT2D eigenvalue weighted by molar-refractivity contribution is 6.46. The van der Waals surface area contributed by atoms with E-state index in [2.05, 4.69) is 4.90 Å². The fourth-order valence-electron chi connectivity index (χ4n) is 5.23. The van der Waals surface area contributed by atoms with Gasteiger partial charge in [0, 0.05) is 24.2 Å². The molecule has 2 saturated heterocycles. The molecule has 10 heteroatoms. The molecule has 0 radical (unpaired) electrons. The molecule has 196 valence electrons. The summed E-state index contributed by atoms with van der Waals surface area (Å²) >= 11 is 0. The van der Waals surface area contributed by atoms with Crippen LogP contribution in [-0.2, 0) is 9.59 Å². The predicted molar refractivity (Wildman–Crippen MR) is 133 cm³/mol.